The number of nitriles is 1. The van der Waals surface area contributed by atoms with Gasteiger partial charge in [-0.3, -0.25) is 10.2 Å². The lowest BCUT2D eigenvalue weighted by Crippen LogP contribution is -2.29. The number of thiophene rings is 1. The molecule has 0 aliphatic rings. The average molecular weight is 352 g/mol. The molecule has 102 valence electrons. The first kappa shape index (κ1) is 14.5. The van der Waals surface area contributed by atoms with Crippen LogP contribution in [-0.4, -0.2) is 5.91 Å². The first-order chi connectivity index (χ1) is 9.63. The Hall–Kier alpha value is -1.88. The number of ether oxygens (including phenoxy) is 1. The molecule has 2 rings (SSSR count). The molecule has 1 aromatic heterocycles. The van der Waals surface area contributed by atoms with Gasteiger partial charge in [-0.2, -0.15) is 5.26 Å². The molecule has 1 amide bonds. The van der Waals surface area contributed by atoms with Gasteiger partial charge < -0.3 is 4.74 Å². The zero-order valence-corrected chi connectivity index (χ0v) is 12.6. The summed E-state index contributed by atoms with van der Waals surface area (Å²) in [6, 6.07) is 10.8. The summed E-state index contributed by atoms with van der Waals surface area (Å²) in [5, 5.41) is 9.03. The maximum absolute atomic E-state index is 11.3. The Morgan fingerprint density at radius 2 is 2.25 bits per heavy atom. The third-order valence-electron chi connectivity index (χ3n) is 2.45. The lowest BCUT2D eigenvalue weighted by atomic mass is 10.2. The van der Waals surface area contributed by atoms with E-state index in [2.05, 4.69) is 27.4 Å². The summed E-state index contributed by atoms with van der Waals surface area (Å²) in [7, 11) is 0. The monoisotopic (exact) mass is 351 g/mol. The highest BCUT2D eigenvalue weighted by Gasteiger charge is 2.09. The molecular formula is C13H10BrN3O2S. The van der Waals surface area contributed by atoms with Gasteiger partial charge in [-0.05, 0) is 30.3 Å². The van der Waals surface area contributed by atoms with Gasteiger partial charge in [0.15, 0.2) is 0 Å². The average Bonchev–Trinajstić information content (AvgIpc) is 2.93. The van der Waals surface area contributed by atoms with E-state index >= 15 is 0 Å². The number of nitrogens with two attached hydrogens (primary N) is 1. The molecule has 0 saturated heterocycles. The minimum atomic E-state index is -0.331. The van der Waals surface area contributed by atoms with Crippen LogP contribution in [0.1, 0.15) is 20.1 Å². The van der Waals surface area contributed by atoms with E-state index in [4.69, 9.17) is 15.8 Å². The van der Waals surface area contributed by atoms with Crippen molar-refractivity contribution in [3.05, 3.63) is 50.1 Å². The van der Waals surface area contributed by atoms with E-state index < -0.39 is 0 Å². The summed E-state index contributed by atoms with van der Waals surface area (Å²) in [6.45, 7) is 0.291. The molecule has 0 radical (unpaired) electrons. The number of hydrazine groups is 1. The number of nitrogen functional groups attached to an aromatic ring is 1. The summed E-state index contributed by atoms with van der Waals surface area (Å²) < 4.78 is 6.42. The zero-order valence-electron chi connectivity index (χ0n) is 10.2. The van der Waals surface area contributed by atoms with Gasteiger partial charge in [-0.15, -0.1) is 11.3 Å². The van der Waals surface area contributed by atoms with E-state index in [1.807, 2.05) is 0 Å². The van der Waals surface area contributed by atoms with Gasteiger partial charge in [0.25, 0.3) is 5.91 Å². The largest absolute Gasteiger partial charge is 0.487 e. The third-order valence-corrected chi connectivity index (χ3v) is 4.00. The van der Waals surface area contributed by atoms with Crippen LogP contribution in [0.2, 0.25) is 0 Å². The number of rotatable bonds is 4. The number of nitrogens with one attached hydrogen (secondary N) is 1. The first-order valence-electron chi connectivity index (χ1n) is 5.56. The Labute approximate surface area is 128 Å². The van der Waals surface area contributed by atoms with Crippen molar-refractivity contribution < 1.29 is 9.53 Å². The van der Waals surface area contributed by atoms with Crippen molar-refractivity contribution in [2.45, 2.75) is 6.61 Å². The predicted octanol–water partition coefficient (Wildman–Crippen LogP) is 2.56. The molecule has 20 heavy (non-hydrogen) atoms. The highest BCUT2D eigenvalue weighted by molar-refractivity contribution is 9.10. The second kappa shape index (κ2) is 6.52. The fraction of sp³-hybridized carbons (Fsp3) is 0.0769. The normalized spacial score (nSPS) is 9.85. The van der Waals surface area contributed by atoms with Gasteiger partial charge in [-0.25, -0.2) is 5.84 Å². The molecule has 0 bridgehead atoms. The van der Waals surface area contributed by atoms with Gasteiger partial charge in [0.1, 0.15) is 18.4 Å². The molecule has 0 fully saturated rings. The van der Waals surface area contributed by atoms with Crippen LogP contribution >= 0.6 is 27.3 Å². The third kappa shape index (κ3) is 3.36. The van der Waals surface area contributed by atoms with Crippen LogP contribution in [0.4, 0.5) is 0 Å². The summed E-state index contributed by atoms with van der Waals surface area (Å²) in [6.07, 6.45) is 0. The second-order valence-electron chi connectivity index (χ2n) is 3.78. The smallest absolute Gasteiger partial charge is 0.275 e. The predicted molar refractivity (Wildman–Crippen MR) is 79.2 cm³/mol. The topological polar surface area (TPSA) is 88.1 Å². The van der Waals surface area contributed by atoms with Crippen molar-refractivity contribution >= 4 is 33.2 Å². The van der Waals surface area contributed by atoms with Crippen molar-refractivity contribution in [2.24, 2.45) is 5.84 Å². The number of amides is 1. The zero-order chi connectivity index (χ0) is 14.5. The second-order valence-corrected chi connectivity index (χ2v) is 5.86. The van der Waals surface area contributed by atoms with Gasteiger partial charge in [0.2, 0.25) is 0 Å². The number of nitrogens with zero attached hydrogens (tertiary/aromatic N) is 1. The molecule has 5 nitrogen and oxygen atoms in total. The molecule has 0 atom stereocenters. The molecule has 0 spiro atoms. The number of carbonyl (C=O) groups excluding carboxylic acids is 1. The summed E-state index contributed by atoms with van der Waals surface area (Å²) >= 11 is 4.59. The Kier molecular flexibility index (Phi) is 4.74. The van der Waals surface area contributed by atoms with Crippen LogP contribution in [0.25, 0.3) is 0 Å². The van der Waals surface area contributed by atoms with Crippen molar-refractivity contribution in [3.63, 3.8) is 0 Å². The Balaban J connectivity index is 2.08. The van der Waals surface area contributed by atoms with E-state index in [-0.39, 0.29) is 5.91 Å². The fourth-order valence-electron chi connectivity index (χ4n) is 1.51. The lowest BCUT2D eigenvalue weighted by Gasteiger charge is -2.06. The van der Waals surface area contributed by atoms with Gasteiger partial charge in [0, 0.05) is 9.35 Å². The maximum atomic E-state index is 11.3. The number of benzene rings is 1. The van der Waals surface area contributed by atoms with Crippen LogP contribution in [0, 0.1) is 11.3 Å². The quantitative estimate of drug-likeness (QED) is 0.503. The number of halogens is 1. The lowest BCUT2D eigenvalue weighted by molar-refractivity contribution is 0.0957. The molecule has 3 N–H and O–H groups in total. The molecule has 0 aliphatic heterocycles. The summed E-state index contributed by atoms with van der Waals surface area (Å²) in [4.78, 5) is 12.7. The summed E-state index contributed by atoms with van der Waals surface area (Å²) in [5.41, 5.74) is 2.53. The van der Waals surface area contributed by atoms with Crippen molar-refractivity contribution in [1.29, 1.82) is 5.26 Å². The standard InChI is InChI=1S/C13H10BrN3O2S/c14-9-1-3-11(8(5-9)6-15)19-7-10-2-4-12(20-10)13(18)17-16/h1-5H,7,16H2,(H,17,18). The number of hydrogen-bond acceptors (Lipinski definition) is 5. The highest BCUT2D eigenvalue weighted by Crippen LogP contribution is 2.24. The van der Waals surface area contributed by atoms with Crippen LogP contribution in [0.15, 0.2) is 34.8 Å². The summed E-state index contributed by atoms with van der Waals surface area (Å²) in [5.74, 6) is 5.24. The maximum Gasteiger partial charge on any atom is 0.275 e. The van der Waals surface area contributed by atoms with Gasteiger partial charge in [-0.1, -0.05) is 15.9 Å². The van der Waals surface area contributed by atoms with Crippen LogP contribution in [0.5, 0.6) is 5.75 Å². The minimum absolute atomic E-state index is 0.291. The van der Waals surface area contributed by atoms with E-state index in [1.165, 1.54) is 11.3 Å². The van der Waals surface area contributed by atoms with E-state index in [1.54, 1.807) is 30.3 Å². The van der Waals surface area contributed by atoms with E-state index in [9.17, 15) is 4.79 Å². The van der Waals surface area contributed by atoms with Crippen LogP contribution in [0.3, 0.4) is 0 Å². The Morgan fingerprint density at radius 1 is 1.45 bits per heavy atom. The SMILES string of the molecule is N#Cc1cc(Br)ccc1OCc1ccc(C(=O)NN)s1. The van der Waals surface area contributed by atoms with Crippen LogP contribution < -0.4 is 16.0 Å². The number of carbonyl (C=O) groups is 1. The van der Waals surface area contributed by atoms with Crippen molar-refractivity contribution in [3.8, 4) is 11.8 Å². The Bertz CT molecular complexity index is 678. The molecule has 0 saturated carbocycles. The molecular weight excluding hydrogens is 342 g/mol. The van der Waals surface area contributed by atoms with E-state index in [0.717, 1.165) is 9.35 Å². The van der Waals surface area contributed by atoms with E-state index in [0.29, 0.717) is 22.8 Å². The van der Waals surface area contributed by atoms with Crippen molar-refractivity contribution in [2.75, 3.05) is 0 Å². The molecule has 0 unspecified atom stereocenters. The first-order valence-corrected chi connectivity index (χ1v) is 7.17. The highest BCUT2D eigenvalue weighted by atomic mass is 79.9. The number of hydrogen-bond donors (Lipinski definition) is 2. The fourth-order valence-corrected chi connectivity index (χ4v) is 2.70. The Morgan fingerprint density at radius 3 is 2.95 bits per heavy atom. The van der Waals surface area contributed by atoms with Crippen LogP contribution in [-0.2, 0) is 6.61 Å². The minimum Gasteiger partial charge on any atom is -0.487 e. The molecule has 2 aromatic rings. The van der Waals surface area contributed by atoms with Gasteiger partial charge in [0.05, 0.1) is 10.4 Å². The molecule has 0 aliphatic carbocycles. The molecule has 1 aromatic carbocycles. The molecule has 7 heteroatoms. The van der Waals surface area contributed by atoms with Crippen molar-refractivity contribution in [1.82, 2.24) is 5.43 Å². The molecule has 1 heterocycles. The van der Waals surface area contributed by atoms with Gasteiger partial charge >= 0.3 is 0 Å².